The molecule has 0 saturated heterocycles. The van der Waals surface area contributed by atoms with Gasteiger partial charge in [-0.3, -0.25) is 14.4 Å². The smallest absolute Gasteiger partial charge is 0.461 e. The Morgan fingerprint density at radius 1 is 0.818 bits per heavy atom. The third kappa shape index (κ3) is 6.99. The third-order valence-corrected chi connectivity index (χ3v) is 12.0. The highest BCUT2D eigenvalue weighted by Crippen LogP contribution is 2.67. The summed E-state index contributed by atoms with van der Waals surface area (Å²) >= 11 is 0. The number of carbonyl (C=O) groups excluding carboxylic acids is 4. The van der Waals surface area contributed by atoms with Gasteiger partial charge in [-0.15, -0.1) is 0 Å². The lowest BCUT2D eigenvalue weighted by molar-refractivity contribution is -0.157. The van der Waals surface area contributed by atoms with E-state index in [9.17, 15) is 19.2 Å². The molecule has 5 rings (SSSR count). The first-order chi connectivity index (χ1) is 21.0. The second-order valence-corrected chi connectivity index (χ2v) is 14.6. The van der Waals surface area contributed by atoms with Gasteiger partial charge >= 0.3 is 18.1 Å². The molecule has 0 N–H and O–H groups in total. The number of Topliss-reactive ketones (excluding diaryl/α,β-unsaturated/α-hetero) is 1. The molecular weight excluding hydrogens is 560 g/mol. The average Bonchev–Trinajstić information content (AvgIpc) is 3.34. The summed E-state index contributed by atoms with van der Waals surface area (Å²) in [4.78, 5) is 49.2. The number of hydrogen-bond donors (Lipinski definition) is 0. The minimum atomic E-state index is -0.813. The summed E-state index contributed by atoms with van der Waals surface area (Å²) < 4.78 is 21.1. The van der Waals surface area contributed by atoms with Crippen LogP contribution >= 0.6 is 0 Å². The molecule has 0 heterocycles. The molecule has 8 nitrogen and oxygen atoms in total. The summed E-state index contributed by atoms with van der Waals surface area (Å²) in [5.74, 6) is 1.92. The maximum absolute atomic E-state index is 12.4. The van der Waals surface area contributed by atoms with Crippen molar-refractivity contribution < 1.29 is 38.1 Å². The Kier molecular flexibility index (Phi) is 10.1. The van der Waals surface area contributed by atoms with Gasteiger partial charge in [0.2, 0.25) is 6.79 Å². The zero-order valence-corrected chi connectivity index (χ0v) is 26.9. The molecule has 4 aliphatic carbocycles. The molecule has 9 atom stereocenters. The standard InChI is InChI=1S/C36H50O8/c1-23(18-32(38)41-21-25-8-6-5-7-9-25)19-33(39)42-22-43-34(40)44-27-14-16-35(3)26(20-27)10-11-28-30-13-12-29(24(2)37)36(30,4)17-15-31(28)35/h5-9,23,26-31H,10-22H2,1-4H3/t23?,26-,27+,28?,29+,30-,31-,35-,36+/m0/s1. The SMILES string of the molecule is CC(=O)[C@H]1CC[C@H]2C3CC[C@H]4C[C@H](OC(=O)OCOC(=O)CC(C)CC(=O)OCc5ccccc5)CC[C@]4(C)[C@H]3CC[C@]12C. The third-order valence-electron chi connectivity index (χ3n) is 12.0. The molecule has 242 valence electrons. The van der Waals surface area contributed by atoms with Crippen LogP contribution in [0.2, 0.25) is 0 Å². The fourth-order valence-corrected chi connectivity index (χ4v) is 9.80. The van der Waals surface area contributed by atoms with E-state index in [-0.39, 0.29) is 54.2 Å². The fourth-order valence-electron chi connectivity index (χ4n) is 9.80. The Balaban J connectivity index is 1.01. The Morgan fingerprint density at radius 3 is 2.23 bits per heavy atom. The molecule has 0 aromatic heterocycles. The number of esters is 2. The lowest BCUT2D eigenvalue weighted by Gasteiger charge is -2.61. The van der Waals surface area contributed by atoms with Crippen molar-refractivity contribution in [3.05, 3.63) is 35.9 Å². The second kappa shape index (κ2) is 13.6. The van der Waals surface area contributed by atoms with Crippen molar-refractivity contribution >= 4 is 23.9 Å². The summed E-state index contributed by atoms with van der Waals surface area (Å²) in [6.45, 7) is 8.09. The first-order valence-electron chi connectivity index (χ1n) is 16.7. The van der Waals surface area contributed by atoms with Gasteiger partial charge in [-0.05, 0) is 111 Å². The van der Waals surface area contributed by atoms with E-state index in [4.69, 9.17) is 18.9 Å². The van der Waals surface area contributed by atoms with E-state index in [1.54, 1.807) is 13.8 Å². The van der Waals surface area contributed by atoms with Crippen molar-refractivity contribution in [2.75, 3.05) is 6.79 Å². The van der Waals surface area contributed by atoms with Crippen LogP contribution in [0.5, 0.6) is 0 Å². The normalized spacial score (nSPS) is 34.8. The number of ketones is 1. The molecule has 0 amide bonds. The molecular formula is C36H50O8. The Morgan fingerprint density at radius 2 is 1.50 bits per heavy atom. The van der Waals surface area contributed by atoms with Crippen LogP contribution in [-0.4, -0.2) is 36.8 Å². The van der Waals surface area contributed by atoms with Gasteiger partial charge in [0.05, 0.1) is 0 Å². The van der Waals surface area contributed by atoms with Crippen molar-refractivity contribution in [1.29, 1.82) is 0 Å². The summed E-state index contributed by atoms with van der Waals surface area (Å²) in [5, 5.41) is 0. The highest BCUT2D eigenvalue weighted by atomic mass is 16.8. The number of fused-ring (bicyclic) bond motifs is 5. The molecule has 0 aliphatic heterocycles. The quantitative estimate of drug-likeness (QED) is 0.153. The molecule has 8 heteroatoms. The second-order valence-electron chi connectivity index (χ2n) is 14.6. The first-order valence-corrected chi connectivity index (χ1v) is 16.7. The molecule has 0 spiro atoms. The minimum Gasteiger partial charge on any atom is -0.461 e. The zero-order chi connectivity index (χ0) is 31.5. The highest BCUT2D eigenvalue weighted by molar-refractivity contribution is 5.79. The van der Waals surface area contributed by atoms with Gasteiger partial charge in [0.15, 0.2) is 0 Å². The number of benzene rings is 1. The van der Waals surface area contributed by atoms with Gasteiger partial charge in [0.1, 0.15) is 18.5 Å². The van der Waals surface area contributed by atoms with E-state index in [1.807, 2.05) is 30.3 Å². The van der Waals surface area contributed by atoms with Crippen LogP contribution in [0.15, 0.2) is 30.3 Å². The molecule has 4 fully saturated rings. The van der Waals surface area contributed by atoms with E-state index in [0.717, 1.165) is 44.1 Å². The Bertz CT molecular complexity index is 1200. The largest absolute Gasteiger partial charge is 0.511 e. The van der Waals surface area contributed by atoms with E-state index in [2.05, 4.69) is 13.8 Å². The van der Waals surface area contributed by atoms with Crippen LogP contribution < -0.4 is 0 Å². The van der Waals surface area contributed by atoms with Crippen molar-refractivity contribution in [1.82, 2.24) is 0 Å². The number of hydrogen-bond acceptors (Lipinski definition) is 8. The monoisotopic (exact) mass is 610 g/mol. The van der Waals surface area contributed by atoms with Crippen LogP contribution in [0, 0.1) is 46.3 Å². The molecule has 1 aromatic carbocycles. The molecule has 44 heavy (non-hydrogen) atoms. The van der Waals surface area contributed by atoms with Gasteiger partial charge in [-0.1, -0.05) is 51.1 Å². The van der Waals surface area contributed by atoms with Crippen molar-refractivity contribution in [2.24, 2.45) is 46.3 Å². The number of carbonyl (C=O) groups is 4. The fraction of sp³-hybridized carbons (Fsp3) is 0.722. The zero-order valence-electron chi connectivity index (χ0n) is 26.9. The van der Waals surface area contributed by atoms with Gasteiger partial charge < -0.3 is 18.9 Å². The average molecular weight is 611 g/mol. The van der Waals surface area contributed by atoms with Gasteiger partial charge in [0.25, 0.3) is 0 Å². The summed E-state index contributed by atoms with van der Waals surface area (Å²) in [6, 6.07) is 9.41. The molecule has 4 saturated carbocycles. The van der Waals surface area contributed by atoms with E-state index in [0.29, 0.717) is 29.5 Å². The van der Waals surface area contributed by atoms with Crippen LogP contribution in [0.1, 0.15) is 104 Å². The van der Waals surface area contributed by atoms with Crippen LogP contribution in [-0.2, 0) is 39.9 Å². The predicted octanol–water partition coefficient (Wildman–Crippen LogP) is 7.42. The molecule has 0 bridgehead atoms. The van der Waals surface area contributed by atoms with Crippen molar-refractivity contribution in [3.63, 3.8) is 0 Å². The van der Waals surface area contributed by atoms with Crippen LogP contribution in [0.3, 0.4) is 0 Å². The van der Waals surface area contributed by atoms with Crippen molar-refractivity contribution in [2.45, 2.75) is 111 Å². The predicted molar refractivity (Wildman–Crippen MR) is 163 cm³/mol. The molecule has 4 aliphatic rings. The maximum atomic E-state index is 12.4. The Hall–Kier alpha value is -2.90. The minimum absolute atomic E-state index is 0.0132. The first kappa shape index (κ1) is 32.5. The number of rotatable bonds is 10. The molecule has 0 radical (unpaired) electrons. The van der Waals surface area contributed by atoms with E-state index >= 15 is 0 Å². The van der Waals surface area contributed by atoms with Crippen molar-refractivity contribution in [3.8, 4) is 0 Å². The summed E-state index contributed by atoms with van der Waals surface area (Å²) in [6.07, 6.45) is 8.68. The molecule has 2 unspecified atom stereocenters. The summed E-state index contributed by atoms with van der Waals surface area (Å²) in [5.41, 5.74) is 1.30. The Labute approximate surface area is 261 Å². The van der Waals surface area contributed by atoms with Gasteiger partial charge in [-0.2, -0.15) is 0 Å². The lowest BCUT2D eigenvalue weighted by atomic mass is 9.44. The highest BCUT2D eigenvalue weighted by Gasteiger charge is 2.61. The van der Waals surface area contributed by atoms with Gasteiger partial charge in [0, 0.05) is 18.8 Å². The lowest BCUT2D eigenvalue weighted by Crippen LogP contribution is -2.54. The maximum Gasteiger partial charge on any atom is 0.511 e. The van der Waals surface area contributed by atoms with E-state index in [1.165, 1.54) is 19.3 Å². The molecule has 1 aromatic rings. The number of ether oxygens (including phenoxy) is 4. The van der Waals surface area contributed by atoms with Crippen LogP contribution in [0.4, 0.5) is 4.79 Å². The topological polar surface area (TPSA) is 105 Å². The van der Waals surface area contributed by atoms with E-state index < -0.39 is 18.9 Å². The van der Waals surface area contributed by atoms with Crippen LogP contribution in [0.25, 0.3) is 0 Å². The van der Waals surface area contributed by atoms with Gasteiger partial charge in [-0.25, -0.2) is 4.79 Å². The summed E-state index contributed by atoms with van der Waals surface area (Å²) in [7, 11) is 0.